The van der Waals surface area contributed by atoms with Crippen LogP contribution in [0.15, 0.2) is 4.99 Å². The van der Waals surface area contributed by atoms with E-state index in [1.807, 2.05) is 7.05 Å². The molecule has 1 amide bonds. The predicted octanol–water partition coefficient (Wildman–Crippen LogP) is -6.15. The molecule has 0 saturated carbocycles. The first-order chi connectivity index (χ1) is 47.4. The van der Waals surface area contributed by atoms with E-state index < -0.39 is 154 Å². The van der Waals surface area contributed by atoms with Crippen molar-refractivity contribution in [2.75, 3.05) is 167 Å². The van der Waals surface area contributed by atoms with Gasteiger partial charge >= 0.3 is 24.2 Å². The van der Waals surface area contributed by atoms with Crippen molar-refractivity contribution in [3.63, 3.8) is 0 Å². The molecule has 0 aliphatic carbocycles. The number of aliphatic hydroxyl groups is 10. The van der Waals surface area contributed by atoms with Crippen LogP contribution in [-0.4, -0.2) is 400 Å². The number of methoxy groups -OCH3 is 1. The van der Waals surface area contributed by atoms with Crippen molar-refractivity contribution in [2.24, 2.45) is 16.5 Å². The van der Waals surface area contributed by atoms with Crippen LogP contribution in [0.2, 0.25) is 0 Å². The monoisotopic (exact) mass is 1510 g/mol. The SMILES string of the molecule is CCC1O[C@H](OCC2O[C@H](OCC3O[C@H](OC)C(OCCCSCCNC(=O)CN(CCCCN(C)CCN(C)CC(=O)O)CC(=O)O)[C@@H](O)[C@@H]3O)C(OCCCSCCN)[C@@H](O)[C@@H]2O)C(OCCCSCCN=C(N)CS[C@H]2OC(CO)[C@@H](O)C(O)[C@H]2O)[C@@H](O)[C@@H]1O.O=C=O.O=C=O. The van der Waals surface area contributed by atoms with Crippen molar-refractivity contribution in [3.8, 4) is 0 Å². The topological polar surface area (TPSA) is 541 Å². The van der Waals surface area contributed by atoms with Gasteiger partial charge in [0.25, 0.3) is 0 Å². The van der Waals surface area contributed by atoms with E-state index in [9.17, 15) is 70.6 Å². The van der Waals surface area contributed by atoms with Gasteiger partial charge in [0, 0.05) is 76.9 Å². The van der Waals surface area contributed by atoms with Crippen molar-refractivity contribution in [1.82, 2.24) is 20.0 Å². The summed E-state index contributed by atoms with van der Waals surface area (Å²) in [4.78, 5) is 77.4. The van der Waals surface area contributed by atoms with E-state index in [4.69, 9.17) is 83.1 Å². The van der Waals surface area contributed by atoms with Crippen molar-refractivity contribution < 1.29 is 142 Å². The van der Waals surface area contributed by atoms with Crippen molar-refractivity contribution in [1.29, 1.82) is 0 Å². The lowest BCUT2D eigenvalue weighted by molar-refractivity contribution is -0.347. The van der Waals surface area contributed by atoms with Crippen LogP contribution in [0.3, 0.4) is 0 Å². The molecule has 0 bridgehead atoms. The zero-order chi connectivity index (χ0) is 73.8. The number of aliphatic hydroxyl groups excluding tert-OH is 10. The molecule has 17 N–H and O–H groups in total. The Balaban J connectivity index is 0.00000535. The minimum Gasteiger partial charge on any atom is -0.480 e. The van der Waals surface area contributed by atoms with E-state index >= 15 is 0 Å². The average Bonchev–Trinajstić information content (AvgIpc) is 0.810. The van der Waals surface area contributed by atoms with Gasteiger partial charge in [-0.1, -0.05) is 6.92 Å². The molecule has 576 valence electrons. The molecule has 8 unspecified atom stereocenters. The summed E-state index contributed by atoms with van der Waals surface area (Å²) in [5.41, 5.74) is 10.8. The fraction of sp³-hybridized carbons (Fsp3) is 0.898. The molecule has 20 atom stereocenters. The fourth-order valence-corrected chi connectivity index (χ4v) is 13.5. The smallest absolute Gasteiger partial charge is 0.373 e. The largest absolute Gasteiger partial charge is 0.480 e. The summed E-state index contributed by atoms with van der Waals surface area (Å²) < 4.78 is 59.9. The second-order valence-corrected chi connectivity index (χ2v) is 28.0. The number of amides is 1. The maximum Gasteiger partial charge on any atom is 0.373 e. The molecule has 99 heavy (non-hydrogen) atoms. The van der Waals surface area contributed by atoms with Gasteiger partial charge in [0.05, 0.1) is 51.3 Å². The number of hydrogen-bond donors (Lipinski definition) is 15. The number of nitrogens with one attached hydrogen (secondary N) is 1. The first kappa shape index (κ1) is 92.2. The third-order valence-electron chi connectivity index (χ3n) is 15.5. The number of thioether (sulfide) groups is 4. The van der Waals surface area contributed by atoms with Crippen LogP contribution in [0.25, 0.3) is 0 Å². The summed E-state index contributed by atoms with van der Waals surface area (Å²) in [6.45, 7) is 4.02. The number of nitrogens with two attached hydrogens (primary N) is 2. The maximum absolute atomic E-state index is 12.7. The number of carboxylic acid groups (broad SMARTS) is 2. The lowest BCUT2D eigenvalue weighted by Gasteiger charge is -2.45. The molecule has 40 heteroatoms. The van der Waals surface area contributed by atoms with Gasteiger partial charge in [-0.25, -0.2) is 0 Å². The van der Waals surface area contributed by atoms with Gasteiger partial charge in [-0.3, -0.25) is 29.2 Å². The van der Waals surface area contributed by atoms with E-state index in [1.165, 1.54) is 7.11 Å². The first-order valence-corrected chi connectivity index (χ1v) is 37.0. The number of hydrogen-bond acceptors (Lipinski definition) is 36. The van der Waals surface area contributed by atoms with Gasteiger partial charge in [-0.05, 0) is 83.0 Å². The Morgan fingerprint density at radius 2 is 1.01 bits per heavy atom. The molecule has 0 aromatic heterocycles. The van der Waals surface area contributed by atoms with E-state index in [0.29, 0.717) is 100 Å². The van der Waals surface area contributed by atoms with Crippen LogP contribution in [-0.2, 0) is 80.9 Å². The zero-order valence-electron chi connectivity index (χ0n) is 56.4. The molecule has 4 aliphatic heterocycles. The molecular formula is C59H107N7O29S4. The molecule has 4 rings (SSSR count). The number of unbranched alkanes of at least 4 members (excludes halogenated alkanes) is 1. The lowest BCUT2D eigenvalue weighted by atomic mass is 9.96. The van der Waals surface area contributed by atoms with Crippen molar-refractivity contribution >= 4 is 83.0 Å². The number of ether oxygens (including phenoxy) is 10. The number of carbonyl (C=O) groups excluding carboxylic acids is 5. The summed E-state index contributed by atoms with van der Waals surface area (Å²) >= 11 is 5.80. The standard InChI is InChI=1S/C57H107N7O25S4.2CO2/c1-5-34-42(71)47(76)52(82-20-10-22-91-25-12-60-38(59)33-93-57-50(79)46(75)43(72)35(30-65)89-57)55(86-34)84-32-37-45(74)49(78)53(83-19-8-21-90-24-11-58)56(88-37)85-31-36-44(73)48(77)51(54(80-4)87-36)81-18-9-23-92-26-13-61-39(66)27-64(29-41(69)70)15-7-6-14-62(2)16-17-63(3)28-40(67)68;2*2-1-3/h34-37,42-57,65,71-79H,5-33,58H2,1-4H3,(H2,59,60)(H,61,66)(H,67,68)(H,69,70);;/t34?,35?,36?,37?,42-,43-,44-,45-,46?,47+,48+,49+,50-,51?,52?,53?,54+,55+,56+,57-;;/m1../s1. The molecule has 4 heterocycles. The molecule has 4 aliphatic rings. The lowest BCUT2D eigenvalue weighted by Crippen LogP contribution is -2.63. The Hall–Kier alpha value is -2.92. The second kappa shape index (κ2) is 53.8. The number of aliphatic imine (C=N–C) groups is 1. The summed E-state index contributed by atoms with van der Waals surface area (Å²) in [7, 11) is 5.02. The third kappa shape index (κ3) is 35.6. The van der Waals surface area contributed by atoms with Crippen LogP contribution in [0, 0.1) is 0 Å². The van der Waals surface area contributed by atoms with Gasteiger partial charge < -0.3 is 130 Å². The number of likely N-dealkylation sites (N-methyl/N-ethyl adjacent to an activating group) is 2. The Bertz CT molecular complexity index is 2270. The minimum absolute atomic E-state index is 0.0438. The highest BCUT2D eigenvalue weighted by Gasteiger charge is 2.51. The van der Waals surface area contributed by atoms with Crippen LogP contribution in [0.4, 0.5) is 0 Å². The molecule has 36 nitrogen and oxygen atoms in total. The normalized spacial score (nSPS) is 30.2. The van der Waals surface area contributed by atoms with E-state index in [-0.39, 0.29) is 69.3 Å². The summed E-state index contributed by atoms with van der Waals surface area (Å²) in [6.07, 6.45) is -21.3. The second-order valence-electron chi connectivity index (χ2n) is 23.2. The Labute approximate surface area is 593 Å². The highest BCUT2D eigenvalue weighted by atomic mass is 32.2. The zero-order valence-corrected chi connectivity index (χ0v) is 59.7. The molecular weight excluding hydrogens is 1400 g/mol. The quantitative estimate of drug-likeness (QED) is 0.0153. The van der Waals surface area contributed by atoms with Gasteiger partial charge in [-0.2, -0.15) is 54.5 Å². The third-order valence-corrected chi connectivity index (χ3v) is 19.9. The van der Waals surface area contributed by atoms with Gasteiger partial charge in [0.1, 0.15) is 103 Å². The predicted molar refractivity (Wildman–Crippen MR) is 357 cm³/mol. The number of carboxylic acids is 2. The number of rotatable bonds is 49. The van der Waals surface area contributed by atoms with E-state index in [2.05, 4.69) is 15.2 Å². The summed E-state index contributed by atoms with van der Waals surface area (Å²) in [5, 5.41) is 129. The highest BCUT2D eigenvalue weighted by Crippen LogP contribution is 2.32. The Morgan fingerprint density at radius 3 is 1.52 bits per heavy atom. The van der Waals surface area contributed by atoms with Crippen LogP contribution < -0.4 is 16.8 Å². The maximum atomic E-state index is 12.7. The molecule has 0 aromatic rings. The van der Waals surface area contributed by atoms with Gasteiger partial charge in [-0.15, -0.1) is 11.8 Å². The molecule has 4 fully saturated rings. The molecule has 0 spiro atoms. The van der Waals surface area contributed by atoms with Crippen molar-refractivity contribution in [2.45, 2.75) is 167 Å². The molecule has 0 radical (unpaired) electrons. The number of nitrogens with zero attached hydrogens (tertiary/aromatic N) is 4. The number of amidine groups is 1. The summed E-state index contributed by atoms with van der Waals surface area (Å²) in [6, 6.07) is 0. The molecule has 0 aromatic carbocycles. The fourth-order valence-electron chi connectivity index (χ4n) is 10.3. The average molecular weight is 1510 g/mol. The van der Waals surface area contributed by atoms with Crippen LogP contribution >= 0.6 is 47.0 Å². The van der Waals surface area contributed by atoms with E-state index in [1.54, 1.807) is 59.1 Å². The number of aliphatic carboxylic acids is 2. The highest BCUT2D eigenvalue weighted by molar-refractivity contribution is 8.00. The van der Waals surface area contributed by atoms with Gasteiger partial charge in [0.2, 0.25) is 5.91 Å². The number of carbonyl (C=O) groups is 3. The Kier molecular flexibility index (Phi) is 50.1. The Morgan fingerprint density at radius 1 is 0.545 bits per heavy atom. The minimum atomic E-state index is -1.60. The van der Waals surface area contributed by atoms with Crippen LogP contribution in [0.1, 0.15) is 45.4 Å². The summed E-state index contributed by atoms with van der Waals surface area (Å²) in [5.74, 6) is 2.01. The van der Waals surface area contributed by atoms with Gasteiger partial charge in [0.15, 0.2) is 18.9 Å². The van der Waals surface area contributed by atoms with E-state index in [0.717, 1.165) is 30.5 Å². The van der Waals surface area contributed by atoms with Crippen molar-refractivity contribution in [3.05, 3.63) is 0 Å². The first-order valence-electron chi connectivity index (χ1n) is 32.5. The molecule has 4 saturated heterocycles. The van der Waals surface area contributed by atoms with Crippen LogP contribution in [0.5, 0.6) is 0 Å².